The maximum Gasteiger partial charge on any atom is 0.289 e. The van der Waals surface area contributed by atoms with Gasteiger partial charge in [-0.1, -0.05) is 6.92 Å². The van der Waals surface area contributed by atoms with Crippen molar-refractivity contribution in [2.75, 3.05) is 49.1 Å². The van der Waals surface area contributed by atoms with Gasteiger partial charge in [0.1, 0.15) is 0 Å². The summed E-state index contributed by atoms with van der Waals surface area (Å²) in [5, 5.41) is 0. The summed E-state index contributed by atoms with van der Waals surface area (Å²) in [6.07, 6.45) is 4.12. The number of hydrogen-bond donors (Lipinski definition) is 0. The first kappa shape index (κ1) is 17.0. The van der Waals surface area contributed by atoms with Crippen LogP contribution in [0.25, 0.3) is 0 Å². The molecule has 1 aromatic carbocycles. The van der Waals surface area contributed by atoms with Crippen LogP contribution in [-0.4, -0.2) is 50.1 Å². The van der Waals surface area contributed by atoms with E-state index in [0.717, 1.165) is 45.2 Å². The van der Waals surface area contributed by atoms with Crippen molar-refractivity contribution in [1.82, 2.24) is 4.90 Å². The monoisotopic (exact) mass is 353 g/mol. The molecule has 2 fully saturated rings. The number of rotatable bonds is 3. The number of carbonyl (C=O) groups is 1. The smallest absolute Gasteiger partial charge is 0.289 e. The van der Waals surface area contributed by atoms with Gasteiger partial charge in [0, 0.05) is 50.6 Å². The second kappa shape index (κ2) is 7.44. The maximum atomic E-state index is 12.4. The second-order valence-electron chi connectivity index (χ2n) is 7.44. The minimum atomic E-state index is -0.00988. The van der Waals surface area contributed by atoms with Crippen molar-refractivity contribution in [3.8, 4) is 0 Å². The molecule has 138 valence electrons. The first-order valence-corrected chi connectivity index (χ1v) is 9.63. The first-order chi connectivity index (χ1) is 12.7. The molecule has 4 rings (SSSR count). The van der Waals surface area contributed by atoms with Gasteiger partial charge in [0.25, 0.3) is 5.91 Å². The molecule has 2 aliphatic heterocycles. The average molecular weight is 353 g/mol. The standard InChI is InChI=1S/C21H27N3O2/c1-17-8-10-22(11-9-17)18-4-6-19(7-5-18)23-12-14-24(15-13-23)21(25)20-3-2-16-26-20/h2-7,16-17H,8-15H2,1H3. The van der Waals surface area contributed by atoms with Crippen LogP contribution in [0.4, 0.5) is 11.4 Å². The fourth-order valence-corrected chi connectivity index (χ4v) is 3.86. The molecule has 0 aliphatic carbocycles. The molecule has 0 radical (unpaired) electrons. The first-order valence-electron chi connectivity index (χ1n) is 9.63. The van der Waals surface area contributed by atoms with E-state index in [1.807, 2.05) is 4.90 Å². The Morgan fingerprint density at radius 3 is 2.00 bits per heavy atom. The van der Waals surface area contributed by atoms with Crippen LogP contribution in [0.2, 0.25) is 0 Å². The Bertz CT molecular complexity index is 710. The van der Waals surface area contributed by atoms with Gasteiger partial charge in [-0.2, -0.15) is 0 Å². The Morgan fingerprint density at radius 2 is 1.46 bits per heavy atom. The van der Waals surface area contributed by atoms with E-state index in [2.05, 4.69) is 41.0 Å². The van der Waals surface area contributed by atoms with Crippen molar-refractivity contribution < 1.29 is 9.21 Å². The number of furan rings is 1. The largest absolute Gasteiger partial charge is 0.459 e. The minimum Gasteiger partial charge on any atom is -0.459 e. The summed E-state index contributed by atoms with van der Waals surface area (Å²) in [7, 11) is 0. The lowest BCUT2D eigenvalue weighted by atomic mass is 9.99. The molecule has 2 saturated heterocycles. The summed E-state index contributed by atoms with van der Waals surface area (Å²) in [6.45, 7) is 7.83. The van der Waals surface area contributed by atoms with E-state index in [9.17, 15) is 4.79 Å². The Balaban J connectivity index is 1.34. The van der Waals surface area contributed by atoms with Gasteiger partial charge in [0.2, 0.25) is 0 Å². The molecular formula is C21H27N3O2. The Hall–Kier alpha value is -2.43. The second-order valence-corrected chi connectivity index (χ2v) is 7.44. The highest BCUT2D eigenvalue weighted by molar-refractivity contribution is 5.91. The van der Waals surface area contributed by atoms with Crippen LogP contribution in [-0.2, 0) is 0 Å². The number of hydrogen-bond acceptors (Lipinski definition) is 4. The van der Waals surface area contributed by atoms with Crippen LogP contribution in [0, 0.1) is 5.92 Å². The third-order valence-electron chi connectivity index (χ3n) is 5.66. The fourth-order valence-electron chi connectivity index (χ4n) is 3.86. The summed E-state index contributed by atoms with van der Waals surface area (Å²) >= 11 is 0. The van der Waals surface area contributed by atoms with E-state index >= 15 is 0 Å². The lowest BCUT2D eigenvalue weighted by molar-refractivity contribution is 0.0714. The molecule has 5 nitrogen and oxygen atoms in total. The molecule has 1 amide bonds. The molecule has 0 atom stereocenters. The highest BCUT2D eigenvalue weighted by Gasteiger charge is 2.24. The van der Waals surface area contributed by atoms with Crippen molar-refractivity contribution in [3.05, 3.63) is 48.4 Å². The van der Waals surface area contributed by atoms with Crippen LogP contribution < -0.4 is 9.80 Å². The van der Waals surface area contributed by atoms with Crippen molar-refractivity contribution >= 4 is 17.3 Å². The van der Waals surface area contributed by atoms with E-state index in [0.29, 0.717) is 5.76 Å². The van der Waals surface area contributed by atoms with Crippen LogP contribution in [0.3, 0.4) is 0 Å². The quantitative estimate of drug-likeness (QED) is 0.847. The van der Waals surface area contributed by atoms with Gasteiger partial charge < -0.3 is 19.1 Å². The lowest BCUT2D eigenvalue weighted by Crippen LogP contribution is -2.48. The Kier molecular flexibility index (Phi) is 4.87. The normalized spacial score (nSPS) is 19.0. The number of carbonyl (C=O) groups excluding carboxylic acids is 1. The number of piperazine rings is 1. The predicted molar refractivity (Wildman–Crippen MR) is 104 cm³/mol. The predicted octanol–water partition coefficient (Wildman–Crippen LogP) is 3.48. The molecule has 1 aromatic heterocycles. The summed E-state index contributed by atoms with van der Waals surface area (Å²) in [6, 6.07) is 12.4. The zero-order chi connectivity index (χ0) is 17.9. The molecule has 2 aliphatic rings. The van der Waals surface area contributed by atoms with Crippen molar-refractivity contribution in [2.45, 2.75) is 19.8 Å². The zero-order valence-corrected chi connectivity index (χ0v) is 15.4. The summed E-state index contributed by atoms with van der Waals surface area (Å²) < 4.78 is 5.23. The molecule has 26 heavy (non-hydrogen) atoms. The van der Waals surface area contributed by atoms with Gasteiger partial charge in [-0.05, 0) is 55.2 Å². The number of amides is 1. The molecule has 0 spiro atoms. The topological polar surface area (TPSA) is 39.9 Å². The fraction of sp³-hybridized carbons (Fsp3) is 0.476. The van der Waals surface area contributed by atoms with E-state index in [-0.39, 0.29) is 5.91 Å². The number of benzene rings is 1. The van der Waals surface area contributed by atoms with Crippen molar-refractivity contribution in [1.29, 1.82) is 0 Å². The average Bonchev–Trinajstić information content (AvgIpc) is 3.23. The van der Waals surface area contributed by atoms with Gasteiger partial charge in [0.05, 0.1) is 6.26 Å². The summed E-state index contributed by atoms with van der Waals surface area (Å²) in [4.78, 5) is 19.1. The molecule has 0 unspecified atom stereocenters. The number of piperidine rings is 1. The van der Waals surface area contributed by atoms with Crippen molar-refractivity contribution in [2.24, 2.45) is 5.92 Å². The van der Waals surface area contributed by atoms with E-state index < -0.39 is 0 Å². The van der Waals surface area contributed by atoms with E-state index in [1.165, 1.54) is 24.2 Å². The van der Waals surface area contributed by atoms with Gasteiger partial charge in [-0.3, -0.25) is 4.79 Å². The van der Waals surface area contributed by atoms with Gasteiger partial charge in [-0.25, -0.2) is 0 Å². The zero-order valence-electron chi connectivity index (χ0n) is 15.4. The number of anilines is 2. The Labute approximate surface area is 155 Å². The van der Waals surface area contributed by atoms with Crippen LogP contribution >= 0.6 is 0 Å². The van der Waals surface area contributed by atoms with Crippen LogP contribution in [0.5, 0.6) is 0 Å². The molecule has 5 heteroatoms. The number of nitrogens with zero attached hydrogens (tertiary/aromatic N) is 3. The lowest BCUT2D eigenvalue weighted by Gasteiger charge is -2.36. The molecule has 3 heterocycles. The van der Waals surface area contributed by atoms with Crippen molar-refractivity contribution in [3.63, 3.8) is 0 Å². The SMILES string of the molecule is CC1CCN(c2ccc(N3CCN(C(=O)c4ccco4)CC3)cc2)CC1. The summed E-state index contributed by atoms with van der Waals surface area (Å²) in [5.41, 5.74) is 2.57. The maximum absolute atomic E-state index is 12.4. The Morgan fingerprint density at radius 1 is 0.885 bits per heavy atom. The van der Waals surface area contributed by atoms with E-state index in [4.69, 9.17) is 4.42 Å². The van der Waals surface area contributed by atoms with E-state index in [1.54, 1.807) is 18.4 Å². The summed E-state index contributed by atoms with van der Waals surface area (Å²) in [5.74, 6) is 1.27. The van der Waals surface area contributed by atoms with Crippen LogP contribution in [0.15, 0.2) is 47.1 Å². The molecule has 0 saturated carbocycles. The molecular weight excluding hydrogens is 326 g/mol. The highest BCUT2D eigenvalue weighted by Crippen LogP contribution is 2.26. The molecule has 0 N–H and O–H groups in total. The third-order valence-corrected chi connectivity index (χ3v) is 5.66. The van der Waals surface area contributed by atoms with Gasteiger partial charge in [-0.15, -0.1) is 0 Å². The third kappa shape index (κ3) is 3.57. The van der Waals surface area contributed by atoms with Gasteiger partial charge >= 0.3 is 0 Å². The van der Waals surface area contributed by atoms with Crippen LogP contribution in [0.1, 0.15) is 30.3 Å². The van der Waals surface area contributed by atoms with Gasteiger partial charge in [0.15, 0.2) is 5.76 Å². The highest BCUT2D eigenvalue weighted by atomic mass is 16.3. The minimum absolute atomic E-state index is 0.00988. The molecule has 0 bridgehead atoms. The molecule has 2 aromatic rings.